The highest BCUT2D eigenvalue weighted by molar-refractivity contribution is 5.53. The first-order chi connectivity index (χ1) is 8.58. The highest BCUT2D eigenvalue weighted by Gasteiger charge is 2.23. The summed E-state index contributed by atoms with van der Waals surface area (Å²) in [5, 5.41) is 13.8. The second-order valence-electron chi connectivity index (χ2n) is 4.44. The number of nitrogens with two attached hydrogens (primary N) is 1. The molecule has 7 heteroatoms. The molecule has 1 fully saturated rings. The molecule has 18 heavy (non-hydrogen) atoms. The van der Waals surface area contributed by atoms with Crippen LogP contribution >= 0.6 is 0 Å². The quantitative estimate of drug-likeness (QED) is 0.613. The minimum Gasteiger partial charge on any atom is -0.473 e. The van der Waals surface area contributed by atoms with Crippen LogP contribution in [0.3, 0.4) is 0 Å². The van der Waals surface area contributed by atoms with Crippen LogP contribution in [0.5, 0.6) is 5.88 Å². The standard InChI is InChI=1S/C11H16N4O3/c1-7-4-5-13-6-9(7)18-10-3-2-8(15(16)17)11(12)14-10/h2-3,7,9,13H,4-6H2,1H3,(H2,12,14). The van der Waals surface area contributed by atoms with Crippen LogP contribution in [0.2, 0.25) is 0 Å². The Hall–Kier alpha value is -1.89. The number of nitrogens with one attached hydrogen (secondary N) is 1. The first kappa shape index (κ1) is 12.6. The lowest BCUT2D eigenvalue weighted by molar-refractivity contribution is -0.384. The molecule has 3 N–H and O–H groups in total. The molecule has 7 nitrogen and oxygen atoms in total. The van der Waals surface area contributed by atoms with E-state index >= 15 is 0 Å². The number of piperidine rings is 1. The number of aromatic nitrogens is 1. The van der Waals surface area contributed by atoms with Crippen LogP contribution in [0, 0.1) is 16.0 Å². The molecule has 0 amide bonds. The third-order valence-corrected chi connectivity index (χ3v) is 3.10. The lowest BCUT2D eigenvalue weighted by atomic mass is 9.97. The Labute approximate surface area is 104 Å². The van der Waals surface area contributed by atoms with Gasteiger partial charge in [0, 0.05) is 18.7 Å². The van der Waals surface area contributed by atoms with E-state index in [0.717, 1.165) is 19.5 Å². The summed E-state index contributed by atoms with van der Waals surface area (Å²) in [7, 11) is 0. The molecule has 1 aliphatic heterocycles. The molecule has 0 radical (unpaired) electrons. The maximum absolute atomic E-state index is 10.6. The normalized spacial score (nSPS) is 23.6. The minimum absolute atomic E-state index is 0.0205. The number of ether oxygens (including phenoxy) is 1. The molecule has 2 heterocycles. The summed E-state index contributed by atoms with van der Waals surface area (Å²) in [4.78, 5) is 14.0. The maximum Gasteiger partial charge on any atom is 0.311 e. The Morgan fingerprint density at radius 3 is 3.00 bits per heavy atom. The van der Waals surface area contributed by atoms with Gasteiger partial charge in [-0.3, -0.25) is 10.1 Å². The van der Waals surface area contributed by atoms with Crippen molar-refractivity contribution in [2.45, 2.75) is 19.4 Å². The lowest BCUT2D eigenvalue weighted by Gasteiger charge is -2.29. The average Bonchev–Trinajstić information content (AvgIpc) is 2.32. The van der Waals surface area contributed by atoms with Gasteiger partial charge in [0.15, 0.2) is 0 Å². The van der Waals surface area contributed by atoms with Gasteiger partial charge in [-0.1, -0.05) is 6.92 Å². The van der Waals surface area contributed by atoms with Gasteiger partial charge in [-0.2, -0.15) is 4.98 Å². The Bertz CT molecular complexity index is 452. The van der Waals surface area contributed by atoms with E-state index < -0.39 is 4.92 Å². The molecule has 0 aliphatic carbocycles. The van der Waals surface area contributed by atoms with E-state index in [1.165, 1.54) is 12.1 Å². The summed E-state index contributed by atoms with van der Waals surface area (Å²) >= 11 is 0. The Morgan fingerprint density at radius 1 is 1.61 bits per heavy atom. The van der Waals surface area contributed by atoms with E-state index in [1.54, 1.807) is 0 Å². The molecular formula is C11H16N4O3. The fourth-order valence-electron chi connectivity index (χ4n) is 1.94. The van der Waals surface area contributed by atoms with Crippen LogP contribution < -0.4 is 15.8 Å². The number of nitro groups is 1. The van der Waals surface area contributed by atoms with Gasteiger partial charge >= 0.3 is 5.69 Å². The fourth-order valence-corrected chi connectivity index (χ4v) is 1.94. The summed E-state index contributed by atoms with van der Waals surface area (Å²) in [5.41, 5.74) is 5.32. The van der Waals surface area contributed by atoms with E-state index in [2.05, 4.69) is 17.2 Å². The first-order valence-corrected chi connectivity index (χ1v) is 5.86. The minimum atomic E-state index is -0.559. The van der Waals surface area contributed by atoms with E-state index in [4.69, 9.17) is 10.5 Å². The predicted molar refractivity (Wildman–Crippen MR) is 66.4 cm³/mol. The van der Waals surface area contributed by atoms with Crippen LogP contribution in [-0.2, 0) is 0 Å². The van der Waals surface area contributed by atoms with Gasteiger partial charge in [0.1, 0.15) is 6.10 Å². The molecule has 0 saturated carbocycles. The van der Waals surface area contributed by atoms with Crippen molar-refractivity contribution >= 4 is 11.5 Å². The van der Waals surface area contributed by atoms with Crippen LogP contribution in [0.4, 0.5) is 11.5 Å². The monoisotopic (exact) mass is 252 g/mol. The zero-order chi connectivity index (χ0) is 13.1. The highest BCUT2D eigenvalue weighted by atomic mass is 16.6. The number of anilines is 1. The van der Waals surface area contributed by atoms with Crippen LogP contribution in [0.15, 0.2) is 12.1 Å². The van der Waals surface area contributed by atoms with Crippen molar-refractivity contribution in [1.82, 2.24) is 10.3 Å². The number of rotatable bonds is 3. The van der Waals surface area contributed by atoms with Crippen molar-refractivity contribution in [3.63, 3.8) is 0 Å². The van der Waals surface area contributed by atoms with E-state index in [0.29, 0.717) is 11.8 Å². The Balaban J connectivity index is 2.10. The molecule has 1 aromatic heterocycles. The van der Waals surface area contributed by atoms with Crippen molar-refractivity contribution in [2.75, 3.05) is 18.8 Å². The van der Waals surface area contributed by atoms with Crippen molar-refractivity contribution in [3.05, 3.63) is 22.2 Å². The molecule has 2 atom stereocenters. The number of pyridine rings is 1. The van der Waals surface area contributed by atoms with Gasteiger partial charge in [-0.25, -0.2) is 0 Å². The predicted octanol–water partition coefficient (Wildman–Crippen LogP) is 0.949. The molecule has 0 spiro atoms. The van der Waals surface area contributed by atoms with Crippen molar-refractivity contribution < 1.29 is 9.66 Å². The van der Waals surface area contributed by atoms with Crippen molar-refractivity contribution in [1.29, 1.82) is 0 Å². The second-order valence-corrected chi connectivity index (χ2v) is 4.44. The van der Waals surface area contributed by atoms with Gasteiger partial charge in [-0.15, -0.1) is 0 Å². The van der Waals surface area contributed by atoms with Crippen molar-refractivity contribution in [2.24, 2.45) is 5.92 Å². The number of hydrogen-bond acceptors (Lipinski definition) is 6. The van der Waals surface area contributed by atoms with Crippen LogP contribution in [0.25, 0.3) is 0 Å². The van der Waals surface area contributed by atoms with E-state index in [9.17, 15) is 10.1 Å². The van der Waals surface area contributed by atoms with Crippen LogP contribution in [-0.4, -0.2) is 29.1 Å². The van der Waals surface area contributed by atoms with Gasteiger partial charge < -0.3 is 15.8 Å². The second kappa shape index (κ2) is 5.18. The van der Waals surface area contributed by atoms with Crippen molar-refractivity contribution in [3.8, 4) is 5.88 Å². The summed E-state index contributed by atoms with van der Waals surface area (Å²) in [5.74, 6) is 0.636. The fraction of sp³-hybridized carbons (Fsp3) is 0.545. The number of nitrogen functional groups attached to an aromatic ring is 1. The largest absolute Gasteiger partial charge is 0.473 e. The zero-order valence-electron chi connectivity index (χ0n) is 10.1. The number of nitrogens with zero attached hydrogens (tertiary/aromatic N) is 2. The van der Waals surface area contributed by atoms with Gasteiger partial charge in [0.2, 0.25) is 11.7 Å². The topological polar surface area (TPSA) is 103 Å². The first-order valence-electron chi connectivity index (χ1n) is 5.86. The molecule has 98 valence electrons. The lowest BCUT2D eigenvalue weighted by Crippen LogP contribution is -2.43. The third-order valence-electron chi connectivity index (χ3n) is 3.10. The summed E-state index contributed by atoms with van der Waals surface area (Å²) in [6.07, 6.45) is 1.06. The molecule has 1 saturated heterocycles. The molecule has 1 aromatic rings. The van der Waals surface area contributed by atoms with E-state index in [-0.39, 0.29) is 17.6 Å². The smallest absolute Gasteiger partial charge is 0.311 e. The molecule has 1 aliphatic rings. The van der Waals surface area contributed by atoms with Gasteiger partial charge in [0.25, 0.3) is 0 Å². The summed E-state index contributed by atoms with van der Waals surface area (Å²) in [6.45, 7) is 3.84. The maximum atomic E-state index is 10.6. The Morgan fingerprint density at radius 2 is 2.39 bits per heavy atom. The van der Waals surface area contributed by atoms with Gasteiger partial charge in [0.05, 0.1) is 4.92 Å². The van der Waals surface area contributed by atoms with Gasteiger partial charge in [-0.05, 0) is 18.9 Å². The average molecular weight is 252 g/mol. The Kier molecular flexibility index (Phi) is 3.61. The molecular weight excluding hydrogens is 236 g/mol. The summed E-state index contributed by atoms with van der Waals surface area (Å²) in [6, 6.07) is 2.80. The molecule has 2 unspecified atom stereocenters. The summed E-state index contributed by atoms with van der Waals surface area (Å²) < 4.78 is 5.71. The highest BCUT2D eigenvalue weighted by Crippen LogP contribution is 2.24. The zero-order valence-corrected chi connectivity index (χ0v) is 10.1. The molecule has 0 aromatic carbocycles. The molecule has 2 rings (SSSR count). The van der Waals surface area contributed by atoms with E-state index in [1.807, 2.05) is 0 Å². The number of hydrogen-bond donors (Lipinski definition) is 2. The third kappa shape index (κ3) is 2.67. The SMILES string of the molecule is CC1CCNCC1Oc1ccc([N+](=O)[O-])c(N)n1. The molecule has 0 bridgehead atoms. The van der Waals surface area contributed by atoms with Crippen LogP contribution in [0.1, 0.15) is 13.3 Å².